The first-order valence-electron chi connectivity index (χ1n) is 9.50. The molecule has 1 aromatic carbocycles. The molecule has 1 heterocycles. The van der Waals surface area contributed by atoms with Gasteiger partial charge < -0.3 is 19.5 Å². The largest absolute Gasteiger partial charge is 0.493 e. The molecule has 8 nitrogen and oxygen atoms in total. The molecule has 1 aromatic heterocycles. The minimum Gasteiger partial charge on any atom is -0.493 e. The molecule has 1 atom stereocenters. The lowest BCUT2D eigenvalue weighted by atomic mass is 10.0. The van der Waals surface area contributed by atoms with Crippen molar-refractivity contribution in [3.63, 3.8) is 0 Å². The third-order valence-electron chi connectivity index (χ3n) is 4.51. The van der Waals surface area contributed by atoms with Crippen molar-refractivity contribution in [1.29, 1.82) is 5.26 Å². The molecule has 0 saturated heterocycles. The summed E-state index contributed by atoms with van der Waals surface area (Å²) in [7, 11) is 4.38. The maximum atomic E-state index is 12.3. The summed E-state index contributed by atoms with van der Waals surface area (Å²) in [6, 6.07) is 7.72. The van der Waals surface area contributed by atoms with E-state index < -0.39 is 11.9 Å². The van der Waals surface area contributed by atoms with Gasteiger partial charge in [0.15, 0.2) is 17.3 Å². The van der Waals surface area contributed by atoms with E-state index in [1.54, 1.807) is 29.6 Å². The molecule has 31 heavy (non-hydrogen) atoms. The van der Waals surface area contributed by atoms with Crippen molar-refractivity contribution in [3.8, 4) is 23.3 Å². The van der Waals surface area contributed by atoms with E-state index in [2.05, 4.69) is 5.32 Å². The van der Waals surface area contributed by atoms with Crippen LogP contribution in [-0.4, -0.2) is 38.8 Å². The molecule has 1 N–H and O–H groups in total. The number of carbonyl (C=O) groups is 3. The van der Waals surface area contributed by atoms with E-state index in [9.17, 15) is 19.6 Å². The Bertz CT molecular complexity index is 940. The van der Waals surface area contributed by atoms with Gasteiger partial charge >= 0.3 is 0 Å². The van der Waals surface area contributed by atoms with Crippen LogP contribution >= 0.6 is 11.3 Å². The first kappa shape index (κ1) is 23.9. The van der Waals surface area contributed by atoms with Crippen LogP contribution in [0.1, 0.15) is 47.0 Å². The van der Waals surface area contributed by atoms with Crippen molar-refractivity contribution in [2.24, 2.45) is 0 Å². The molecule has 0 radical (unpaired) electrons. The number of Topliss-reactive ketones (excluding diaryl/α,β-unsaturated/α-hetero) is 2. The second-order valence-corrected chi connectivity index (χ2v) is 7.48. The topological polar surface area (TPSA) is 115 Å². The van der Waals surface area contributed by atoms with Crippen LogP contribution in [0.2, 0.25) is 0 Å². The lowest BCUT2D eigenvalue weighted by Gasteiger charge is -2.17. The molecule has 1 unspecified atom stereocenters. The van der Waals surface area contributed by atoms with Crippen LogP contribution in [0, 0.1) is 11.3 Å². The standard InChI is InChI=1S/C22H24N2O6S/c1-28-18-11-14(12-19(29-2)22(18)30-3)16(13-23)24-21(27)9-7-15(25)6-8-17(26)20-5-4-10-31-20/h4-5,10-12,16H,6-9H2,1-3H3,(H,24,27). The van der Waals surface area contributed by atoms with Gasteiger partial charge in [-0.05, 0) is 29.1 Å². The number of ether oxygens (including phenoxy) is 3. The minimum atomic E-state index is -0.961. The molecule has 0 aliphatic carbocycles. The number of ketones is 2. The second-order valence-electron chi connectivity index (χ2n) is 6.53. The molecule has 9 heteroatoms. The Hall–Kier alpha value is -3.38. The summed E-state index contributed by atoms with van der Waals surface area (Å²) in [6.45, 7) is 0. The number of nitrogens with zero attached hydrogens (tertiary/aromatic N) is 1. The van der Waals surface area contributed by atoms with E-state index in [1.807, 2.05) is 6.07 Å². The van der Waals surface area contributed by atoms with Crippen LogP contribution in [0.3, 0.4) is 0 Å². The Morgan fingerprint density at radius 3 is 2.19 bits per heavy atom. The van der Waals surface area contributed by atoms with Gasteiger partial charge in [-0.15, -0.1) is 11.3 Å². The molecule has 0 bridgehead atoms. The lowest BCUT2D eigenvalue weighted by Crippen LogP contribution is -2.28. The Balaban J connectivity index is 1.92. The molecule has 2 rings (SSSR count). The Kier molecular flexibility index (Phi) is 9.03. The number of amides is 1. The number of thiophene rings is 1. The Morgan fingerprint density at radius 1 is 1.03 bits per heavy atom. The number of rotatable bonds is 12. The molecular formula is C22H24N2O6S. The molecule has 164 valence electrons. The van der Waals surface area contributed by atoms with E-state index in [4.69, 9.17) is 14.2 Å². The third kappa shape index (κ3) is 6.55. The van der Waals surface area contributed by atoms with Gasteiger partial charge in [-0.1, -0.05) is 6.07 Å². The van der Waals surface area contributed by atoms with Crippen LogP contribution in [0.15, 0.2) is 29.6 Å². The SMILES string of the molecule is COc1cc(C(C#N)NC(=O)CCC(=O)CCC(=O)c2cccs2)cc(OC)c1OC. The summed E-state index contributed by atoms with van der Waals surface area (Å²) in [5.74, 6) is 0.382. The van der Waals surface area contributed by atoms with Crippen molar-refractivity contribution in [1.82, 2.24) is 5.32 Å². The van der Waals surface area contributed by atoms with Crippen molar-refractivity contribution in [2.45, 2.75) is 31.7 Å². The first-order chi connectivity index (χ1) is 14.9. The predicted molar refractivity (Wildman–Crippen MR) is 115 cm³/mol. The monoisotopic (exact) mass is 444 g/mol. The highest BCUT2D eigenvalue weighted by Gasteiger charge is 2.20. The van der Waals surface area contributed by atoms with Crippen molar-refractivity contribution in [2.75, 3.05) is 21.3 Å². The van der Waals surface area contributed by atoms with Crippen LogP contribution in [0.25, 0.3) is 0 Å². The Morgan fingerprint density at radius 2 is 1.68 bits per heavy atom. The van der Waals surface area contributed by atoms with Crippen LogP contribution < -0.4 is 19.5 Å². The van der Waals surface area contributed by atoms with Crippen molar-refractivity contribution < 1.29 is 28.6 Å². The van der Waals surface area contributed by atoms with Gasteiger partial charge in [0.1, 0.15) is 11.8 Å². The molecule has 1 amide bonds. The summed E-state index contributed by atoms with van der Waals surface area (Å²) in [6.07, 6.45) is 0.122. The fraction of sp³-hybridized carbons (Fsp3) is 0.364. The zero-order valence-electron chi connectivity index (χ0n) is 17.6. The minimum absolute atomic E-state index is 0.00302. The normalized spacial score (nSPS) is 11.2. The highest BCUT2D eigenvalue weighted by Crippen LogP contribution is 2.39. The number of hydrogen-bond donors (Lipinski definition) is 1. The molecule has 0 aliphatic heterocycles. The van der Waals surface area contributed by atoms with E-state index >= 15 is 0 Å². The number of carbonyl (C=O) groups excluding carboxylic acids is 3. The molecule has 0 aliphatic rings. The average Bonchev–Trinajstić information content (AvgIpc) is 3.33. The first-order valence-corrected chi connectivity index (χ1v) is 10.4. The summed E-state index contributed by atoms with van der Waals surface area (Å²) in [5, 5.41) is 13.9. The fourth-order valence-corrected chi connectivity index (χ4v) is 3.58. The van der Waals surface area contributed by atoms with Crippen LogP contribution in [0.4, 0.5) is 0 Å². The number of methoxy groups -OCH3 is 3. The van der Waals surface area contributed by atoms with Gasteiger partial charge in [-0.25, -0.2) is 0 Å². The maximum Gasteiger partial charge on any atom is 0.221 e. The lowest BCUT2D eigenvalue weighted by molar-refractivity contribution is -0.125. The predicted octanol–water partition coefficient (Wildman–Crippen LogP) is 3.47. The second kappa shape index (κ2) is 11.7. The zero-order valence-corrected chi connectivity index (χ0v) is 18.4. The fourth-order valence-electron chi connectivity index (χ4n) is 2.88. The number of nitrogens with one attached hydrogen (secondary N) is 1. The van der Waals surface area contributed by atoms with Gasteiger partial charge in [0.2, 0.25) is 11.7 Å². The van der Waals surface area contributed by atoms with Gasteiger partial charge in [-0.2, -0.15) is 5.26 Å². The third-order valence-corrected chi connectivity index (χ3v) is 5.42. The molecule has 0 saturated carbocycles. The molecule has 0 fully saturated rings. The molecular weight excluding hydrogens is 420 g/mol. The van der Waals surface area contributed by atoms with Crippen molar-refractivity contribution in [3.05, 3.63) is 40.1 Å². The van der Waals surface area contributed by atoms with Crippen LogP contribution in [0.5, 0.6) is 17.2 Å². The smallest absolute Gasteiger partial charge is 0.221 e. The van der Waals surface area contributed by atoms with Gasteiger partial charge in [0, 0.05) is 25.7 Å². The quantitative estimate of drug-likeness (QED) is 0.499. The number of nitriles is 1. The summed E-state index contributed by atoms with van der Waals surface area (Å²) < 4.78 is 15.8. The van der Waals surface area contributed by atoms with Gasteiger partial charge in [0.25, 0.3) is 0 Å². The van der Waals surface area contributed by atoms with Gasteiger partial charge in [-0.3, -0.25) is 14.4 Å². The number of hydrogen-bond acceptors (Lipinski definition) is 8. The zero-order chi connectivity index (χ0) is 22.8. The van der Waals surface area contributed by atoms with Crippen molar-refractivity contribution >= 4 is 28.8 Å². The van der Waals surface area contributed by atoms with E-state index in [0.717, 1.165) is 0 Å². The molecule has 2 aromatic rings. The summed E-state index contributed by atoms with van der Waals surface area (Å²) in [5.41, 5.74) is 0.457. The van der Waals surface area contributed by atoms with E-state index in [0.29, 0.717) is 27.7 Å². The Labute approximate surface area is 184 Å². The average molecular weight is 445 g/mol. The van der Waals surface area contributed by atoms with Crippen LogP contribution in [-0.2, 0) is 9.59 Å². The van der Waals surface area contributed by atoms with Gasteiger partial charge in [0.05, 0.1) is 32.3 Å². The highest BCUT2D eigenvalue weighted by atomic mass is 32.1. The number of benzene rings is 1. The summed E-state index contributed by atoms with van der Waals surface area (Å²) >= 11 is 1.33. The summed E-state index contributed by atoms with van der Waals surface area (Å²) in [4.78, 5) is 36.9. The van der Waals surface area contributed by atoms with E-state index in [-0.39, 0.29) is 37.2 Å². The highest BCUT2D eigenvalue weighted by molar-refractivity contribution is 7.12. The maximum absolute atomic E-state index is 12.3. The molecule has 0 spiro atoms. The van der Waals surface area contributed by atoms with E-state index in [1.165, 1.54) is 32.7 Å².